The number of nitrogens with one attached hydrogen (secondary N) is 1. The molecule has 0 amide bonds. The number of fused-ring (bicyclic) bond motifs is 1. The van der Waals surface area contributed by atoms with Crippen molar-refractivity contribution in [1.29, 1.82) is 0 Å². The van der Waals surface area contributed by atoms with Crippen LogP contribution in [0.3, 0.4) is 0 Å². The van der Waals surface area contributed by atoms with Crippen LogP contribution in [0.15, 0.2) is 67.0 Å². The minimum atomic E-state index is 0.132. The van der Waals surface area contributed by atoms with Gasteiger partial charge in [-0.25, -0.2) is 5.84 Å². The molecule has 1 aliphatic rings. The topological polar surface area (TPSA) is 99.9 Å². The number of nitrogens with zero attached hydrogens (tertiary/aromatic N) is 6. The molecule has 1 aliphatic heterocycles. The van der Waals surface area contributed by atoms with Crippen LogP contribution >= 0.6 is 0 Å². The van der Waals surface area contributed by atoms with E-state index in [2.05, 4.69) is 67.8 Å². The molecule has 0 saturated heterocycles. The highest BCUT2D eigenvalue weighted by Gasteiger charge is 2.33. The second-order valence-corrected chi connectivity index (χ2v) is 8.00. The molecule has 0 saturated carbocycles. The average Bonchev–Trinajstić information content (AvgIpc) is 3.46. The number of hydrogen-bond donors (Lipinski definition) is 2. The lowest BCUT2D eigenvalue weighted by molar-refractivity contribution is 0.523. The zero-order chi connectivity index (χ0) is 21.9. The third kappa shape index (κ3) is 3.69. The molecule has 0 spiro atoms. The van der Waals surface area contributed by atoms with Crippen LogP contribution in [0.2, 0.25) is 0 Å². The minimum absolute atomic E-state index is 0.132. The van der Waals surface area contributed by atoms with Gasteiger partial charge in [-0.2, -0.15) is 5.21 Å². The Balaban J connectivity index is 1.42. The Labute approximate surface area is 187 Å². The van der Waals surface area contributed by atoms with Crippen molar-refractivity contribution in [3.05, 3.63) is 72.6 Å². The van der Waals surface area contributed by atoms with Crippen molar-refractivity contribution >= 4 is 11.4 Å². The van der Waals surface area contributed by atoms with Gasteiger partial charge in [-0.05, 0) is 40.8 Å². The molecular formula is C24H26N8. The second-order valence-electron chi connectivity index (χ2n) is 8.00. The highest BCUT2D eigenvalue weighted by atomic mass is 15.5. The second kappa shape index (κ2) is 8.76. The van der Waals surface area contributed by atoms with Crippen molar-refractivity contribution in [2.75, 3.05) is 9.91 Å². The van der Waals surface area contributed by atoms with Crippen LogP contribution in [0.1, 0.15) is 31.7 Å². The highest BCUT2D eigenvalue weighted by molar-refractivity contribution is 5.80. The van der Waals surface area contributed by atoms with Gasteiger partial charge in [0.25, 0.3) is 0 Å². The van der Waals surface area contributed by atoms with Crippen molar-refractivity contribution in [3.63, 3.8) is 0 Å². The van der Waals surface area contributed by atoms with Crippen LogP contribution in [-0.4, -0.2) is 31.8 Å². The van der Waals surface area contributed by atoms with Gasteiger partial charge in [-0.3, -0.25) is 9.99 Å². The monoisotopic (exact) mass is 426 g/mol. The Morgan fingerprint density at radius 2 is 1.81 bits per heavy atom. The molecule has 4 aromatic rings. The van der Waals surface area contributed by atoms with E-state index in [1.54, 1.807) is 6.20 Å². The van der Waals surface area contributed by atoms with Crippen LogP contribution in [0, 0.1) is 0 Å². The summed E-state index contributed by atoms with van der Waals surface area (Å²) >= 11 is 0. The lowest BCUT2D eigenvalue weighted by atomic mass is 9.98. The zero-order valence-electron chi connectivity index (χ0n) is 18.0. The number of pyridine rings is 1. The molecule has 32 heavy (non-hydrogen) atoms. The molecule has 3 heterocycles. The number of benzene rings is 2. The third-order valence-corrected chi connectivity index (χ3v) is 5.99. The summed E-state index contributed by atoms with van der Waals surface area (Å²) in [5.74, 6) is 7.07. The van der Waals surface area contributed by atoms with E-state index in [9.17, 15) is 0 Å². The van der Waals surface area contributed by atoms with Crippen LogP contribution < -0.4 is 15.8 Å². The summed E-state index contributed by atoms with van der Waals surface area (Å²) in [5, 5.41) is 16.4. The molecule has 162 valence electrons. The van der Waals surface area contributed by atoms with E-state index in [1.165, 1.54) is 5.56 Å². The molecule has 3 N–H and O–H groups in total. The Bertz CT molecular complexity index is 1170. The largest absolute Gasteiger partial charge is 0.343 e. The number of hydrogen-bond acceptors (Lipinski definition) is 7. The summed E-state index contributed by atoms with van der Waals surface area (Å²) in [4.78, 5) is 6.70. The number of tetrazole rings is 1. The van der Waals surface area contributed by atoms with E-state index in [0.29, 0.717) is 5.82 Å². The van der Waals surface area contributed by atoms with Gasteiger partial charge < -0.3 is 4.90 Å². The molecule has 2 aromatic carbocycles. The zero-order valence-corrected chi connectivity index (χ0v) is 18.0. The fraction of sp³-hybridized carbons (Fsp3) is 0.250. The van der Waals surface area contributed by atoms with E-state index in [1.807, 2.05) is 35.5 Å². The highest BCUT2D eigenvalue weighted by Crippen LogP contribution is 2.39. The Morgan fingerprint density at radius 1 is 1.00 bits per heavy atom. The molecule has 5 rings (SSSR count). The normalized spacial score (nSPS) is 15.2. The molecule has 0 fully saturated rings. The molecule has 0 bridgehead atoms. The van der Waals surface area contributed by atoms with E-state index >= 15 is 0 Å². The third-order valence-electron chi connectivity index (χ3n) is 5.99. The minimum Gasteiger partial charge on any atom is -0.343 e. The number of aromatic amines is 1. The summed E-state index contributed by atoms with van der Waals surface area (Å²) in [5.41, 5.74) is 6.48. The van der Waals surface area contributed by atoms with Crippen molar-refractivity contribution < 1.29 is 0 Å². The van der Waals surface area contributed by atoms with Crippen LogP contribution in [0.25, 0.3) is 22.5 Å². The lowest BCUT2D eigenvalue weighted by Gasteiger charge is -2.30. The first-order valence-electron chi connectivity index (χ1n) is 10.9. The number of anilines is 2. The maximum absolute atomic E-state index is 6.48. The van der Waals surface area contributed by atoms with Crippen molar-refractivity contribution in [2.24, 2.45) is 5.84 Å². The van der Waals surface area contributed by atoms with Crippen LogP contribution in [0.5, 0.6) is 0 Å². The van der Waals surface area contributed by atoms with Gasteiger partial charge in [0, 0.05) is 18.3 Å². The summed E-state index contributed by atoms with van der Waals surface area (Å²) in [6.45, 7) is 2.98. The fourth-order valence-electron chi connectivity index (χ4n) is 4.35. The van der Waals surface area contributed by atoms with Crippen molar-refractivity contribution in [3.8, 4) is 22.5 Å². The number of hydrazine groups is 1. The van der Waals surface area contributed by atoms with Gasteiger partial charge >= 0.3 is 0 Å². The standard InChI is InChI=1S/C24H26N8/c1-2-3-8-23-31(22-15-26-14-13-21(22)32(23)25)16-17-9-11-18(12-10-17)19-6-4-5-7-20(19)24-27-29-30-28-24/h4-7,9-15,23H,2-3,8,16,25H2,1H3,(H,27,28,29,30). The Hall–Kier alpha value is -3.78. The summed E-state index contributed by atoms with van der Waals surface area (Å²) < 4.78 is 0. The number of H-pyrrole nitrogens is 1. The fourth-order valence-corrected chi connectivity index (χ4v) is 4.35. The number of unbranched alkanes of at least 4 members (excludes halogenated alkanes) is 1. The summed E-state index contributed by atoms with van der Waals surface area (Å²) in [6.07, 6.45) is 7.13. The molecule has 2 aromatic heterocycles. The molecule has 0 aliphatic carbocycles. The smallest absolute Gasteiger partial charge is 0.205 e. The van der Waals surface area contributed by atoms with Crippen LogP contribution in [-0.2, 0) is 6.54 Å². The molecule has 0 radical (unpaired) electrons. The number of rotatable bonds is 7. The van der Waals surface area contributed by atoms with E-state index < -0.39 is 0 Å². The van der Waals surface area contributed by atoms with Crippen molar-refractivity contribution in [2.45, 2.75) is 38.9 Å². The SMILES string of the molecule is CCCCC1N(N)c2ccncc2N1Cc1ccc(-c2ccccc2-c2nn[nH]n2)cc1. The first-order chi connectivity index (χ1) is 15.8. The molecule has 1 unspecified atom stereocenters. The lowest BCUT2D eigenvalue weighted by Crippen LogP contribution is -2.46. The predicted molar refractivity (Wildman–Crippen MR) is 125 cm³/mol. The van der Waals surface area contributed by atoms with Gasteiger partial charge in [-0.15, -0.1) is 10.2 Å². The van der Waals surface area contributed by atoms with Gasteiger partial charge in [0.15, 0.2) is 0 Å². The number of nitrogens with two attached hydrogens (primary N) is 1. The quantitative estimate of drug-likeness (QED) is 0.428. The Morgan fingerprint density at radius 3 is 2.56 bits per heavy atom. The van der Waals surface area contributed by atoms with Gasteiger partial charge in [0.2, 0.25) is 5.82 Å². The molecule has 8 nitrogen and oxygen atoms in total. The van der Waals surface area contributed by atoms with E-state index in [-0.39, 0.29) is 6.17 Å². The maximum atomic E-state index is 6.48. The van der Waals surface area contributed by atoms with Crippen molar-refractivity contribution in [1.82, 2.24) is 25.6 Å². The molecule has 1 atom stereocenters. The first kappa shape index (κ1) is 20.1. The Kier molecular flexibility index (Phi) is 5.51. The maximum Gasteiger partial charge on any atom is 0.205 e. The molecular weight excluding hydrogens is 400 g/mol. The average molecular weight is 427 g/mol. The predicted octanol–water partition coefficient (Wildman–Crippen LogP) is 4.15. The van der Waals surface area contributed by atoms with Gasteiger partial charge in [0.1, 0.15) is 6.17 Å². The van der Waals surface area contributed by atoms with E-state index in [4.69, 9.17) is 5.84 Å². The van der Waals surface area contributed by atoms with Gasteiger partial charge in [0.05, 0.1) is 17.6 Å². The number of aromatic nitrogens is 5. The van der Waals surface area contributed by atoms with Gasteiger partial charge in [-0.1, -0.05) is 61.9 Å². The summed E-state index contributed by atoms with van der Waals surface area (Å²) in [7, 11) is 0. The summed E-state index contributed by atoms with van der Waals surface area (Å²) in [6, 6.07) is 18.7. The first-order valence-corrected chi connectivity index (χ1v) is 10.9. The molecule has 8 heteroatoms. The van der Waals surface area contributed by atoms with Crippen LogP contribution in [0.4, 0.5) is 11.4 Å². The van der Waals surface area contributed by atoms with E-state index in [0.717, 1.165) is 53.9 Å².